The molecule has 2 fully saturated rings. The Hall–Kier alpha value is -3.98. The zero-order valence-corrected chi connectivity index (χ0v) is 32.7. The quantitative estimate of drug-likeness (QED) is 0.0899. The highest BCUT2D eigenvalue weighted by molar-refractivity contribution is 5.44. The lowest BCUT2D eigenvalue weighted by atomic mass is 9.75. The van der Waals surface area contributed by atoms with Gasteiger partial charge in [0.2, 0.25) is 0 Å². The Labute approximate surface area is 315 Å². The maximum Gasteiger partial charge on any atom is 0.134 e. The second-order valence-corrected chi connectivity index (χ2v) is 16.6. The Morgan fingerprint density at radius 1 is 0.755 bits per heavy atom. The van der Waals surface area contributed by atoms with Gasteiger partial charge in [-0.15, -0.1) is 0 Å². The molecule has 2 heterocycles. The van der Waals surface area contributed by atoms with E-state index in [1.165, 1.54) is 16.7 Å². The SMILES string of the molecule is CCC(C)(Oc1ccc(C(C)(C)c2ccc(OCC(CC(C)(C)Oc3ccc(C(C)(C)C4=CCC(OCC5CO5)C=C4)cc3)N=O)cc2)cc1)C1CO1. The van der Waals surface area contributed by atoms with Crippen molar-refractivity contribution in [1.82, 2.24) is 0 Å². The van der Waals surface area contributed by atoms with E-state index in [0.717, 1.165) is 43.1 Å². The van der Waals surface area contributed by atoms with Crippen molar-refractivity contribution in [2.75, 3.05) is 26.4 Å². The van der Waals surface area contributed by atoms with Crippen LogP contribution in [0.3, 0.4) is 0 Å². The molecular formula is C45H57NO7. The molecule has 3 aromatic rings. The number of nitroso groups, excluding NO2 is 1. The van der Waals surface area contributed by atoms with Gasteiger partial charge < -0.3 is 28.4 Å². The zero-order chi connectivity index (χ0) is 37.9. The first-order valence-corrected chi connectivity index (χ1v) is 19.1. The molecule has 0 radical (unpaired) electrons. The van der Waals surface area contributed by atoms with E-state index in [9.17, 15) is 4.91 Å². The van der Waals surface area contributed by atoms with Crippen LogP contribution < -0.4 is 14.2 Å². The third-order valence-electron chi connectivity index (χ3n) is 11.2. The summed E-state index contributed by atoms with van der Waals surface area (Å²) in [5.74, 6) is 2.29. The van der Waals surface area contributed by atoms with Crippen molar-refractivity contribution in [3.05, 3.63) is 118 Å². The van der Waals surface area contributed by atoms with Gasteiger partial charge in [0.05, 0.1) is 25.9 Å². The standard InChI is InChI=1S/C45H57NO7/c1-9-45(8,41-30-51-41)53-39-24-16-34(17-25-39)44(6,7)31-10-18-36(19-11-31)48-27-35(46-47)26-42(2,3)52-38-22-14-33(15-23-38)43(4,5)32-12-20-37(21-13-32)49-28-40-29-50-40/h10-20,22-25,35,37,40-41H,9,21,26-30H2,1-8H3. The van der Waals surface area contributed by atoms with Crippen LogP contribution in [0.1, 0.15) is 91.3 Å². The Kier molecular flexibility index (Phi) is 11.5. The van der Waals surface area contributed by atoms with Crippen molar-refractivity contribution in [1.29, 1.82) is 0 Å². The number of epoxide rings is 2. The molecule has 5 unspecified atom stereocenters. The van der Waals surface area contributed by atoms with Gasteiger partial charge in [-0.05, 0) is 92.3 Å². The van der Waals surface area contributed by atoms with Crippen molar-refractivity contribution in [3.63, 3.8) is 0 Å². The zero-order valence-electron chi connectivity index (χ0n) is 32.7. The molecule has 2 saturated heterocycles. The van der Waals surface area contributed by atoms with Gasteiger partial charge in [-0.3, -0.25) is 0 Å². The lowest BCUT2D eigenvalue weighted by molar-refractivity contribution is 0.0521. The van der Waals surface area contributed by atoms with E-state index in [1.54, 1.807) is 0 Å². The second kappa shape index (κ2) is 15.8. The summed E-state index contributed by atoms with van der Waals surface area (Å²) in [4.78, 5) is 11.9. The highest BCUT2D eigenvalue weighted by Crippen LogP contribution is 2.38. The van der Waals surface area contributed by atoms with E-state index in [0.29, 0.717) is 18.8 Å². The first kappa shape index (κ1) is 38.7. The van der Waals surface area contributed by atoms with Gasteiger partial charge in [0.25, 0.3) is 0 Å². The van der Waals surface area contributed by atoms with E-state index in [2.05, 4.69) is 101 Å². The number of rotatable bonds is 19. The van der Waals surface area contributed by atoms with Crippen LogP contribution in [0.25, 0.3) is 0 Å². The fourth-order valence-electron chi connectivity index (χ4n) is 7.05. The van der Waals surface area contributed by atoms with Crippen molar-refractivity contribution in [2.45, 2.75) is 121 Å². The molecule has 1 aliphatic carbocycles. The van der Waals surface area contributed by atoms with Crippen LogP contribution in [-0.2, 0) is 25.0 Å². The number of ether oxygens (including phenoxy) is 6. The van der Waals surface area contributed by atoms with Gasteiger partial charge in [0.1, 0.15) is 53.3 Å². The van der Waals surface area contributed by atoms with Crippen LogP contribution in [0.5, 0.6) is 17.2 Å². The number of benzene rings is 3. The van der Waals surface area contributed by atoms with Gasteiger partial charge in [-0.25, -0.2) is 0 Å². The second-order valence-electron chi connectivity index (χ2n) is 16.6. The van der Waals surface area contributed by atoms with E-state index >= 15 is 0 Å². The van der Waals surface area contributed by atoms with Crippen molar-refractivity contribution in [2.24, 2.45) is 5.18 Å². The van der Waals surface area contributed by atoms with Crippen LogP contribution in [-0.4, -0.2) is 62.0 Å². The van der Waals surface area contributed by atoms with Crippen LogP contribution in [0.2, 0.25) is 0 Å². The minimum Gasteiger partial charge on any atom is -0.491 e. The van der Waals surface area contributed by atoms with E-state index < -0.39 is 11.6 Å². The Bertz CT molecular complexity index is 1730. The first-order valence-electron chi connectivity index (χ1n) is 19.1. The van der Waals surface area contributed by atoms with Crippen molar-refractivity contribution < 1.29 is 28.4 Å². The molecule has 284 valence electrons. The predicted molar refractivity (Wildman–Crippen MR) is 209 cm³/mol. The number of hydrogen-bond acceptors (Lipinski definition) is 8. The lowest BCUT2D eigenvalue weighted by Gasteiger charge is -2.31. The Balaban J connectivity index is 0.986. The van der Waals surface area contributed by atoms with Gasteiger partial charge in [-0.2, -0.15) is 4.91 Å². The van der Waals surface area contributed by atoms with E-state index in [1.807, 2.05) is 50.2 Å². The number of nitrogens with zero attached hydrogens (tertiary/aromatic N) is 1. The summed E-state index contributed by atoms with van der Waals surface area (Å²) in [6.07, 6.45) is 9.31. The fourth-order valence-corrected chi connectivity index (χ4v) is 7.05. The van der Waals surface area contributed by atoms with E-state index in [-0.39, 0.29) is 41.3 Å². The maximum atomic E-state index is 11.9. The summed E-state index contributed by atoms with van der Waals surface area (Å²) in [6.45, 7) is 19.5. The third kappa shape index (κ3) is 9.77. The molecule has 0 bridgehead atoms. The summed E-state index contributed by atoms with van der Waals surface area (Å²) in [6, 6.07) is 24.1. The average Bonchev–Trinajstić information content (AvgIpc) is 4.08. The third-order valence-corrected chi connectivity index (χ3v) is 11.2. The summed E-state index contributed by atoms with van der Waals surface area (Å²) in [7, 11) is 0. The number of hydrogen-bond donors (Lipinski definition) is 0. The first-order chi connectivity index (χ1) is 25.2. The smallest absolute Gasteiger partial charge is 0.134 e. The van der Waals surface area contributed by atoms with Crippen molar-refractivity contribution in [3.8, 4) is 17.2 Å². The van der Waals surface area contributed by atoms with Gasteiger partial charge in [-0.1, -0.05) is 94.4 Å². The van der Waals surface area contributed by atoms with Gasteiger partial charge in [0.15, 0.2) is 0 Å². The number of allylic oxidation sites excluding steroid dienone is 2. The molecule has 6 rings (SSSR count). The van der Waals surface area contributed by atoms with Crippen LogP contribution >= 0.6 is 0 Å². The molecule has 0 saturated carbocycles. The fraction of sp³-hybridized carbons (Fsp3) is 0.511. The highest BCUT2D eigenvalue weighted by atomic mass is 16.6. The molecule has 53 heavy (non-hydrogen) atoms. The monoisotopic (exact) mass is 723 g/mol. The molecule has 0 amide bonds. The van der Waals surface area contributed by atoms with Crippen molar-refractivity contribution >= 4 is 0 Å². The van der Waals surface area contributed by atoms with E-state index in [4.69, 9.17) is 28.4 Å². The summed E-state index contributed by atoms with van der Waals surface area (Å²) in [5, 5.41) is 3.40. The molecule has 0 aromatic heterocycles. The largest absolute Gasteiger partial charge is 0.491 e. The average molecular weight is 724 g/mol. The Morgan fingerprint density at radius 2 is 1.30 bits per heavy atom. The minimum absolute atomic E-state index is 0.103. The highest BCUT2D eigenvalue weighted by Gasteiger charge is 2.44. The molecule has 3 aliphatic rings. The Morgan fingerprint density at radius 3 is 1.79 bits per heavy atom. The molecule has 0 N–H and O–H groups in total. The minimum atomic E-state index is -0.635. The van der Waals surface area contributed by atoms with Crippen LogP contribution in [0.4, 0.5) is 0 Å². The maximum absolute atomic E-state index is 11.9. The topological polar surface area (TPSA) is 91.4 Å². The van der Waals surface area contributed by atoms with Gasteiger partial charge in [0, 0.05) is 17.3 Å². The molecule has 2 aliphatic heterocycles. The van der Waals surface area contributed by atoms with Crippen LogP contribution in [0.15, 0.2) is 102 Å². The molecule has 8 heteroatoms. The molecule has 3 aromatic carbocycles. The normalized spacial score (nSPS) is 21.6. The molecule has 0 spiro atoms. The molecular weight excluding hydrogens is 666 g/mol. The van der Waals surface area contributed by atoms with Crippen LogP contribution in [0, 0.1) is 4.91 Å². The predicted octanol–water partition coefficient (Wildman–Crippen LogP) is 9.67. The molecule has 8 nitrogen and oxygen atoms in total. The lowest BCUT2D eigenvalue weighted by Crippen LogP contribution is -2.37. The molecule has 5 atom stereocenters. The van der Waals surface area contributed by atoms with Gasteiger partial charge >= 0.3 is 0 Å². The summed E-state index contributed by atoms with van der Waals surface area (Å²) < 4.78 is 35.5. The summed E-state index contributed by atoms with van der Waals surface area (Å²) >= 11 is 0. The summed E-state index contributed by atoms with van der Waals surface area (Å²) in [5.41, 5.74) is 3.45.